The van der Waals surface area contributed by atoms with E-state index in [1.165, 1.54) is 11.6 Å². The molecule has 2 aromatic rings. The topological polar surface area (TPSA) is 83.1 Å². The number of nitrogens with zero attached hydrogens (tertiary/aromatic N) is 5. The van der Waals surface area contributed by atoms with Crippen LogP contribution in [0.25, 0.3) is 0 Å². The van der Waals surface area contributed by atoms with Crippen molar-refractivity contribution >= 4 is 23.2 Å². The van der Waals surface area contributed by atoms with E-state index >= 15 is 0 Å². The Morgan fingerprint density at radius 3 is 2.67 bits per heavy atom. The van der Waals surface area contributed by atoms with Crippen molar-refractivity contribution in [3.05, 3.63) is 48.3 Å². The van der Waals surface area contributed by atoms with Gasteiger partial charge >= 0.3 is 0 Å². The fourth-order valence-electron chi connectivity index (χ4n) is 5.86. The van der Waals surface area contributed by atoms with Crippen molar-refractivity contribution in [1.82, 2.24) is 19.8 Å². The Kier molecular flexibility index (Phi) is 6.27. The molecule has 0 aliphatic carbocycles. The van der Waals surface area contributed by atoms with Crippen molar-refractivity contribution in [3.8, 4) is 5.75 Å². The van der Waals surface area contributed by atoms with E-state index in [0.717, 1.165) is 80.7 Å². The highest BCUT2D eigenvalue weighted by Gasteiger charge is 2.36. The molecule has 3 fully saturated rings. The van der Waals surface area contributed by atoms with Gasteiger partial charge in [0.25, 0.3) is 0 Å². The maximum Gasteiger partial charge on any atom is 0.246 e. The van der Waals surface area contributed by atoms with Crippen LogP contribution in [0.15, 0.2) is 37.2 Å². The fraction of sp³-hybridized carbons (Fsp3) is 0.519. The van der Waals surface area contributed by atoms with E-state index in [1.807, 2.05) is 4.90 Å². The zero-order valence-electron chi connectivity index (χ0n) is 20.9. The third kappa shape index (κ3) is 4.30. The van der Waals surface area contributed by atoms with Crippen LogP contribution in [0.5, 0.6) is 5.75 Å². The summed E-state index contributed by atoms with van der Waals surface area (Å²) in [5, 5.41) is 3.57. The number of hydrogen-bond donors (Lipinski definition) is 1. The van der Waals surface area contributed by atoms with Gasteiger partial charge in [-0.2, -0.15) is 0 Å². The second-order valence-corrected chi connectivity index (χ2v) is 10.1. The Morgan fingerprint density at radius 1 is 1.14 bits per heavy atom. The highest BCUT2D eigenvalue weighted by molar-refractivity contribution is 5.87. The van der Waals surface area contributed by atoms with Crippen LogP contribution in [-0.4, -0.2) is 84.2 Å². The third-order valence-corrected chi connectivity index (χ3v) is 8.01. The number of rotatable bonds is 4. The van der Waals surface area contributed by atoms with Crippen LogP contribution in [-0.2, 0) is 9.53 Å². The zero-order chi connectivity index (χ0) is 24.6. The lowest BCUT2D eigenvalue weighted by Gasteiger charge is -2.47. The minimum atomic E-state index is -0.170. The summed E-state index contributed by atoms with van der Waals surface area (Å²) in [6.45, 7) is 12.5. The molecule has 9 nitrogen and oxygen atoms in total. The third-order valence-electron chi connectivity index (χ3n) is 8.01. The Bertz CT molecular complexity index is 1140. The number of aromatic nitrogens is 2. The lowest BCUT2D eigenvalue weighted by molar-refractivity contribution is -0.133. The Hall–Kier alpha value is -3.17. The first kappa shape index (κ1) is 23.2. The van der Waals surface area contributed by atoms with Gasteiger partial charge in [-0.3, -0.25) is 9.69 Å². The van der Waals surface area contributed by atoms with Crippen LogP contribution in [0.2, 0.25) is 0 Å². The maximum atomic E-state index is 11.8. The first-order valence-corrected chi connectivity index (χ1v) is 13.0. The number of benzene rings is 1. The van der Waals surface area contributed by atoms with Gasteiger partial charge in [-0.1, -0.05) is 12.6 Å². The van der Waals surface area contributed by atoms with Gasteiger partial charge in [-0.15, -0.1) is 0 Å². The second-order valence-electron chi connectivity index (χ2n) is 10.1. The molecule has 4 aliphatic heterocycles. The average Bonchev–Trinajstić information content (AvgIpc) is 3.03. The first-order valence-electron chi connectivity index (χ1n) is 13.0. The molecule has 6 rings (SSSR count). The number of morpholine rings is 1. The van der Waals surface area contributed by atoms with E-state index in [-0.39, 0.29) is 12.0 Å². The highest BCUT2D eigenvalue weighted by atomic mass is 16.5. The van der Waals surface area contributed by atoms with Crippen molar-refractivity contribution in [2.75, 3.05) is 62.7 Å². The summed E-state index contributed by atoms with van der Waals surface area (Å²) in [5.41, 5.74) is 3.29. The van der Waals surface area contributed by atoms with Gasteiger partial charge in [0, 0.05) is 32.2 Å². The van der Waals surface area contributed by atoms with Gasteiger partial charge in [-0.25, -0.2) is 9.97 Å². The molecule has 0 bridgehead atoms. The molecule has 3 saturated heterocycles. The summed E-state index contributed by atoms with van der Waals surface area (Å²) in [6, 6.07) is 7.03. The zero-order valence-corrected chi connectivity index (χ0v) is 20.9. The molecule has 1 N–H and O–H groups in total. The molecule has 1 atom stereocenters. The number of anilines is 3. The second kappa shape index (κ2) is 9.71. The lowest BCUT2D eigenvalue weighted by atomic mass is 9.88. The fourth-order valence-corrected chi connectivity index (χ4v) is 5.86. The molecule has 190 valence electrons. The molecule has 4 aliphatic rings. The number of nitrogens with one attached hydrogen (secondary N) is 1. The number of fused-ring (bicyclic) bond motifs is 2. The predicted molar refractivity (Wildman–Crippen MR) is 138 cm³/mol. The van der Waals surface area contributed by atoms with Crippen LogP contribution < -0.4 is 15.0 Å². The maximum absolute atomic E-state index is 11.8. The molecule has 1 aromatic carbocycles. The van der Waals surface area contributed by atoms with E-state index in [9.17, 15) is 4.79 Å². The minimum absolute atomic E-state index is 0.0408. The summed E-state index contributed by atoms with van der Waals surface area (Å²) in [7, 11) is 0. The van der Waals surface area contributed by atoms with Crippen LogP contribution in [0.3, 0.4) is 0 Å². The summed E-state index contributed by atoms with van der Waals surface area (Å²) < 4.78 is 12.0. The predicted octanol–water partition coefficient (Wildman–Crippen LogP) is 3.09. The van der Waals surface area contributed by atoms with E-state index in [1.54, 1.807) is 6.33 Å². The van der Waals surface area contributed by atoms with Crippen molar-refractivity contribution in [2.45, 2.75) is 37.8 Å². The van der Waals surface area contributed by atoms with Crippen molar-refractivity contribution in [1.29, 1.82) is 0 Å². The van der Waals surface area contributed by atoms with Crippen molar-refractivity contribution in [2.24, 2.45) is 0 Å². The van der Waals surface area contributed by atoms with Gasteiger partial charge < -0.3 is 24.6 Å². The van der Waals surface area contributed by atoms with E-state index in [0.29, 0.717) is 25.2 Å². The lowest BCUT2D eigenvalue weighted by Crippen LogP contribution is -2.61. The van der Waals surface area contributed by atoms with Gasteiger partial charge in [0.1, 0.15) is 29.8 Å². The van der Waals surface area contributed by atoms with Crippen LogP contribution in [0.1, 0.15) is 42.9 Å². The SMILES string of the molecule is C=CC(=O)N1CC(N2CCC(c3ccc4c(c3)Nc3ncnc(N5CCOCC5)c3[C@H](C)O4)CC2)C1. The van der Waals surface area contributed by atoms with Gasteiger partial charge in [-0.05, 0) is 62.5 Å². The molecule has 1 aromatic heterocycles. The number of piperidine rings is 1. The summed E-state index contributed by atoms with van der Waals surface area (Å²) in [4.78, 5) is 27.6. The average molecular weight is 491 g/mol. The van der Waals surface area contributed by atoms with E-state index in [4.69, 9.17) is 9.47 Å². The standard InChI is InChI=1S/C27H34N6O3/c1-3-24(34)33-15-21(16-33)31-8-6-19(7-9-31)20-4-5-23-22(14-20)30-26-25(18(2)36-23)27(29-17-28-26)32-10-12-35-13-11-32/h3-5,14,17-19,21H,1,6-13,15-16H2,2H3,(H,28,29,30)/t18-/m0/s1. The number of ether oxygens (including phenoxy) is 2. The molecular formula is C27H34N6O3. The van der Waals surface area contributed by atoms with Gasteiger partial charge in [0.15, 0.2) is 0 Å². The number of carbonyl (C=O) groups excluding carboxylic acids is 1. The van der Waals surface area contributed by atoms with Gasteiger partial charge in [0.05, 0.1) is 24.5 Å². The molecule has 0 spiro atoms. The monoisotopic (exact) mass is 490 g/mol. The minimum Gasteiger partial charge on any atom is -0.484 e. The molecule has 0 radical (unpaired) electrons. The number of likely N-dealkylation sites (tertiary alicyclic amines) is 2. The Morgan fingerprint density at radius 2 is 1.92 bits per heavy atom. The normalized spacial score (nSPS) is 23.0. The van der Waals surface area contributed by atoms with Crippen LogP contribution >= 0.6 is 0 Å². The molecule has 0 unspecified atom stereocenters. The smallest absolute Gasteiger partial charge is 0.246 e. The van der Waals surface area contributed by atoms with Crippen LogP contribution in [0, 0.1) is 0 Å². The van der Waals surface area contributed by atoms with Crippen molar-refractivity contribution < 1.29 is 14.3 Å². The van der Waals surface area contributed by atoms with Crippen molar-refractivity contribution in [3.63, 3.8) is 0 Å². The molecular weight excluding hydrogens is 456 g/mol. The molecule has 0 saturated carbocycles. The molecule has 5 heterocycles. The Balaban J connectivity index is 1.16. The summed E-state index contributed by atoms with van der Waals surface area (Å²) >= 11 is 0. The largest absolute Gasteiger partial charge is 0.484 e. The Labute approximate surface area is 212 Å². The first-order chi connectivity index (χ1) is 17.6. The summed E-state index contributed by atoms with van der Waals surface area (Å²) in [6.07, 6.45) is 5.10. The number of amides is 1. The molecule has 1 amide bonds. The van der Waals surface area contributed by atoms with E-state index in [2.05, 4.69) is 56.8 Å². The number of carbonyl (C=O) groups is 1. The van der Waals surface area contributed by atoms with E-state index < -0.39 is 0 Å². The van der Waals surface area contributed by atoms with Gasteiger partial charge in [0.2, 0.25) is 5.91 Å². The van der Waals surface area contributed by atoms with Crippen LogP contribution in [0.4, 0.5) is 17.3 Å². The highest BCUT2D eigenvalue weighted by Crippen LogP contribution is 2.43. The summed E-state index contributed by atoms with van der Waals surface area (Å²) in [5.74, 6) is 3.13. The molecule has 36 heavy (non-hydrogen) atoms. The quantitative estimate of drug-likeness (QED) is 0.655. The number of hydrogen-bond acceptors (Lipinski definition) is 8. The molecule has 9 heteroatoms.